The number of hydrogen-bond acceptors (Lipinski definition) is 4. The summed E-state index contributed by atoms with van der Waals surface area (Å²) < 4.78 is 4.69. The summed E-state index contributed by atoms with van der Waals surface area (Å²) in [7, 11) is 3.64. The minimum atomic E-state index is 0.0475. The third-order valence-corrected chi connectivity index (χ3v) is 10.4. The molecule has 0 fully saturated rings. The van der Waals surface area contributed by atoms with Crippen LogP contribution in [0.2, 0.25) is 0 Å². The largest absolute Gasteiger partial charge is 0.323 e. The lowest BCUT2D eigenvalue weighted by Crippen LogP contribution is -2.27. The summed E-state index contributed by atoms with van der Waals surface area (Å²) in [5.74, 6) is 1.03. The first-order valence-corrected chi connectivity index (χ1v) is 17.9. The molecule has 6 rings (SSSR count). The summed E-state index contributed by atoms with van der Waals surface area (Å²) in [5, 5.41) is 6.38. The molecule has 44 heavy (non-hydrogen) atoms. The molecule has 1 aromatic heterocycles. The van der Waals surface area contributed by atoms with E-state index in [9.17, 15) is 0 Å². The monoisotopic (exact) mass is 615 g/mol. The van der Waals surface area contributed by atoms with Gasteiger partial charge in [-0.15, -0.1) is 0 Å². The van der Waals surface area contributed by atoms with Gasteiger partial charge in [-0.2, -0.15) is 0 Å². The van der Waals surface area contributed by atoms with Crippen molar-refractivity contribution >= 4 is 33.0 Å². The van der Waals surface area contributed by atoms with Gasteiger partial charge in [0.25, 0.3) is 0 Å². The molecule has 0 bridgehead atoms. The van der Waals surface area contributed by atoms with Crippen molar-refractivity contribution in [3.05, 3.63) is 132 Å². The van der Waals surface area contributed by atoms with Crippen molar-refractivity contribution in [1.29, 1.82) is 0 Å². The maximum absolute atomic E-state index is 5.38. The first-order valence-electron chi connectivity index (χ1n) is 15.7. The molecule has 0 radical (unpaired) electrons. The van der Waals surface area contributed by atoms with Crippen LogP contribution in [0.4, 0.5) is 0 Å². The summed E-state index contributed by atoms with van der Waals surface area (Å²) in [5.41, 5.74) is 8.28. The fraction of sp³-hybridized carbons (Fsp3) is 0.237. The number of aromatic nitrogens is 2. The van der Waals surface area contributed by atoms with E-state index in [1.54, 1.807) is 10.8 Å². The SMILES string of the molecule is CCCCn1c(-c2ccccc2)nc(SSC2C(c3ccccc3)=N[N+](CCCC)=C2c2ccccc2)c1-c1ccccc1. The molecule has 2 heterocycles. The molecular weight excluding hydrogens is 577 g/mol. The first kappa shape index (κ1) is 30.2. The molecule has 1 unspecified atom stereocenters. The molecule has 0 saturated heterocycles. The zero-order valence-electron chi connectivity index (χ0n) is 25.5. The maximum atomic E-state index is 5.38. The van der Waals surface area contributed by atoms with Gasteiger partial charge in [0.1, 0.15) is 16.6 Å². The van der Waals surface area contributed by atoms with Gasteiger partial charge in [0.2, 0.25) is 5.71 Å². The van der Waals surface area contributed by atoms with E-state index in [0.29, 0.717) is 0 Å². The van der Waals surface area contributed by atoms with Crippen molar-refractivity contribution in [2.75, 3.05) is 6.54 Å². The lowest BCUT2D eigenvalue weighted by Gasteiger charge is -2.14. The summed E-state index contributed by atoms with van der Waals surface area (Å²) >= 11 is 0. The summed E-state index contributed by atoms with van der Waals surface area (Å²) in [6.45, 7) is 6.32. The zero-order valence-corrected chi connectivity index (χ0v) is 27.1. The first-order chi connectivity index (χ1) is 21.8. The Kier molecular flexibility index (Phi) is 10.1. The van der Waals surface area contributed by atoms with E-state index in [4.69, 9.17) is 10.1 Å². The van der Waals surface area contributed by atoms with Crippen LogP contribution < -0.4 is 0 Å². The van der Waals surface area contributed by atoms with Gasteiger partial charge in [-0.25, -0.2) is 4.98 Å². The Hall–Kier alpha value is -3.87. The third kappa shape index (κ3) is 6.62. The number of imidazole rings is 1. The molecule has 5 aromatic rings. The summed E-state index contributed by atoms with van der Waals surface area (Å²) in [4.78, 5) is 5.38. The average Bonchev–Trinajstić information content (AvgIpc) is 3.65. The molecule has 0 saturated carbocycles. The van der Waals surface area contributed by atoms with Crippen LogP contribution in [0.1, 0.15) is 50.7 Å². The smallest absolute Gasteiger partial charge is 0.235 e. The van der Waals surface area contributed by atoms with Crippen LogP contribution in [0, 0.1) is 0 Å². The van der Waals surface area contributed by atoms with Crippen molar-refractivity contribution in [2.24, 2.45) is 5.10 Å². The normalized spacial score (nSPS) is 14.7. The number of nitrogens with zero attached hydrogens (tertiary/aromatic N) is 4. The van der Waals surface area contributed by atoms with Crippen molar-refractivity contribution in [2.45, 2.75) is 56.4 Å². The van der Waals surface area contributed by atoms with Gasteiger partial charge in [-0.3, -0.25) is 0 Å². The summed E-state index contributed by atoms with van der Waals surface area (Å²) in [6, 6.07) is 42.8. The molecule has 6 heteroatoms. The van der Waals surface area contributed by atoms with Gasteiger partial charge in [0, 0.05) is 35.2 Å². The van der Waals surface area contributed by atoms with Crippen molar-refractivity contribution in [3.63, 3.8) is 0 Å². The van der Waals surface area contributed by atoms with Crippen LogP contribution >= 0.6 is 21.6 Å². The predicted octanol–water partition coefficient (Wildman–Crippen LogP) is 9.85. The highest BCUT2D eigenvalue weighted by Crippen LogP contribution is 2.44. The standard InChI is InChI=1S/C38H39N4S2/c1-3-5-27-41-35(31-23-15-9-16-24-31)38(39-37(41)32-25-17-10-18-26-32)44-43-36-33(29-19-11-7-12-20-29)40-42(28-6-4-2)34(36)30-21-13-8-14-22-30/h7-26,36H,3-6,27-28H2,1-2H3/q+1. The van der Waals surface area contributed by atoms with Crippen LogP contribution in [0.5, 0.6) is 0 Å². The van der Waals surface area contributed by atoms with Gasteiger partial charge in [0.15, 0.2) is 11.8 Å². The topological polar surface area (TPSA) is 33.2 Å². The maximum Gasteiger partial charge on any atom is 0.235 e. The second kappa shape index (κ2) is 14.7. The molecule has 0 spiro atoms. The van der Waals surface area contributed by atoms with Crippen molar-refractivity contribution in [1.82, 2.24) is 9.55 Å². The third-order valence-electron chi connectivity index (χ3n) is 7.84. The number of rotatable bonds is 13. The molecule has 4 nitrogen and oxygen atoms in total. The predicted molar refractivity (Wildman–Crippen MR) is 189 cm³/mol. The minimum Gasteiger partial charge on any atom is -0.323 e. The van der Waals surface area contributed by atoms with Crippen LogP contribution in [0.25, 0.3) is 22.6 Å². The van der Waals surface area contributed by atoms with E-state index in [0.717, 1.165) is 60.9 Å². The lowest BCUT2D eigenvalue weighted by molar-refractivity contribution is -0.530. The van der Waals surface area contributed by atoms with Gasteiger partial charge in [-0.05, 0) is 34.4 Å². The Morgan fingerprint density at radius 2 is 1.20 bits per heavy atom. The second-order valence-corrected chi connectivity index (χ2v) is 13.3. The van der Waals surface area contributed by atoms with Crippen molar-refractivity contribution in [3.8, 4) is 22.6 Å². The van der Waals surface area contributed by atoms with Crippen LogP contribution in [0.3, 0.4) is 0 Å². The molecule has 0 aliphatic carbocycles. The van der Waals surface area contributed by atoms with E-state index in [1.165, 1.54) is 28.1 Å². The Balaban J connectivity index is 1.45. The fourth-order valence-electron chi connectivity index (χ4n) is 5.60. The van der Waals surface area contributed by atoms with E-state index < -0.39 is 0 Å². The Bertz CT molecular complexity index is 1710. The van der Waals surface area contributed by atoms with E-state index in [1.807, 2.05) is 10.8 Å². The van der Waals surface area contributed by atoms with Crippen LogP contribution in [-0.2, 0) is 6.54 Å². The van der Waals surface area contributed by atoms with Crippen LogP contribution in [0.15, 0.2) is 131 Å². The Morgan fingerprint density at radius 3 is 1.80 bits per heavy atom. The van der Waals surface area contributed by atoms with E-state index in [-0.39, 0.29) is 5.25 Å². The molecule has 4 aromatic carbocycles. The molecule has 222 valence electrons. The molecule has 1 aliphatic heterocycles. The van der Waals surface area contributed by atoms with Crippen molar-refractivity contribution < 1.29 is 4.68 Å². The van der Waals surface area contributed by atoms with Crippen LogP contribution in [-0.4, -0.2) is 37.5 Å². The molecule has 1 aliphatic rings. The Morgan fingerprint density at radius 1 is 0.659 bits per heavy atom. The highest BCUT2D eigenvalue weighted by Gasteiger charge is 2.41. The van der Waals surface area contributed by atoms with E-state index >= 15 is 0 Å². The second-order valence-electron chi connectivity index (χ2n) is 11.0. The van der Waals surface area contributed by atoms with Gasteiger partial charge in [0.05, 0.1) is 5.69 Å². The molecule has 0 N–H and O–H groups in total. The summed E-state index contributed by atoms with van der Waals surface area (Å²) in [6.07, 6.45) is 4.44. The fourth-order valence-corrected chi connectivity index (χ4v) is 8.30. The quantitative estimate of drug-likeness (QED) is 0.0976. The molecule has 0 amide bonds. The van der Waals surface area contributed by atoms with Gasteiger partial charge < -0.3 is 4.57 Å². The number of hydrogen-bond donors (Lipinski definition) is 0. The van der Waals surface area contributed by atoms with Gasteiger partial charge >= 0.3 is 0 Å². The zero-order chi connectivity index (χ0) is 30.1. The number of unbranched alkanes of at least 4 members (excludes halogenated alkanes) is 2. The highest BCUT2D eigenvalue weighted by molar-refractivity contribution is 8.77. The molecular formula is C38H39N4S2+. The van der Waals surface area contributed by atoms with Gasteiger partial charge in [-0.1, -0.05) is 151 Å². The van der Waals surface area contributed by atoms with E-state index in [2.05, 4.69) is 144 Å². The average molecular weight is 616 g/mol. The number of hydrazone groups is 1. The lowest BCUT2D eigenvalue weighted by atomic mass is 10.0. The minimum absolute atomic E-state index is 0.0475. The highest BCUT2D eigenvalue weighted by atomic mass is 33.1. The number of benzene rings is 4. The Labute approximate surface area is 269 Å². The molecule has 1 atom stereocenters.